The number of amides is 1. The molecule has 2 aromatic carbocycles. The molecule has 190 valence electrons. The Morgan fingerprint density at radius 2 is 1.86 bits per heavy atom. The first kappa shape index (κ1) is 25.3. The highest BCUT2D eigenvalue weighted by Crippen LogP contribution is 2.52. The van der Waals surface area contributed by atoms with Crippen LogP contribution >= 0.6 is 22.9 Å². The van der Waals surface area contributed by atoms with Crippen molar-refractivity contribution < 1.29 is 27.1 Å². The number of anilines is 1. The number of nitrogens with zero attached hydrogens (tertiary/aromatic N) is 1. The van der Waals surface area contributed by atoms with Crippen molar-refractivity contribution in [2.24, 2.45) is 11.8 Å². The van der Waals surface area contributed by atoms with Crippen molar-refractivity contribution in [2.75, 3.05) is 5.32 Å². The number of thiazole rings is 1. The molecule has 1 amide bonds. The van der Waals surface area contributed by atoms with E-state index in [4.69, 9.17) is 11.6 Å². The number of benzene rings is 2. The number of rotatable bonds is 5. The van der Waals surface area contributed by atoms with E-state index >= 15 is 0 Å². The smallest absolute Gasteiger partial charge is 0.256 e. The summed E-state index contributed by atoms with van der Waals surface area (Å²) < 4.78 is 54.5. The van der Waals surface area contributed by atoms with E-state index in [0.717, 1.165) is 25.0 Å². The van der Waals surface area contributed by atoms with Gasteiger partial charge in [0.05, 0.1) is 26.3 Å². The molecular formula is C25H23ClF2N2O4S2. The third-order valence-electron chi connectivity index (χ3n) is 7.51. The highest BCUT2D eigenvalue weighted by molar-refractivity contribution is 7.92. The van der Waals surface area contributed by atoms with Crippen molar-refractivity contribution in [3.63, 3.8) is 0 Å². The molecule has 6 nitrogen and oxygen atoms in total. The molecule has 11 heteroatoms. The molecule has 2 aliphatic carbocycles. The van der Waals surface area contributed by atoms with Crippen LogP contribution in [0.4, 0.5) is 14.5 Å². The standard InChI is InChI=1S/C25H23ClF2N2O4S2/c1-25(32)13-2-3-14(25)9-16(8-13)36(33,34)22-12-17(18(11-19(22)26)24-29-6-7-35-24)23(31)30-15-4-5-20(27)21(28)10-15/h4-7,10-14,16,32H,2-3,8-9H2,1H3,(H,30,31)/t13?,14?,16-,25-. The molecule has 1 aromatic heterocycles. The average molecular weight is 553 g/mol. The van der Waals surface area contributed by atoms with Crippen molar-refractivity contribution in [1.82, 2.24) is 4.98 Å². The molecule has 36 heavy (non-hydrogen) atoms. The lowest BCUT2D eigenvalue weighted by Gasteiger charge is -2.40. The van der Waals surface area contributed by atoms with Crippen LogP contribution in [0.1, 0.15) is 43.0 Å². The molecule has 2 fully saturated rings. The minimum Gasteiger partial charge on any atom is -0.390 e. The van der Waals surface area contributed by atoms with E-state index in [1.165, 1.54) is 29.5 Å². The van der Waals surface area contributed by atoms with Gasteiger partial charge in [-0.05, 0) is 68.7 Å². The van der Waals surface area contributed by atoms with E-state index in [0.29, 0.717) is 23.4 Å². The predicted octanol–water partition coefficient (Wildman–Crippen LogP) is 5.71. The van der Waals surface area contributed by atoms with Gasteiger partial charge in [0.1, 0.15) is 5.01 Å². The van der Waals surface area contributed by atoms with E-state index in [2.05, 4.69) is 10.3 Å². The summed E-state index contributed by atoms with van der Waals surface area (Å²) >= 11 is 7.74. The molecule has 0 saturated heterocycles. The van der Waals surface area contributed by atoms with Gasteiger partial charge in [0.2, 0.25) is 0 Å². The second kappa shape index (κ2) is 9.16. The van der Waals surface area contributed by atoms with Gasteiger partial charge in [-0.15, -0.1) is 11.3 Å². The topological polar surface area (TPSA) is 96.4 Å². The summed E-state index contributed by atoms with van der Waals surface area (Å²) in [4.78, 5) is 17.3. The monoisotopic (exact) mass is 552 g/mol. The molecule has 0 spiro atoms. The number of aromatic nitrogens is 1. The molecule has 2 N–H and O–H groups in total. The highest BCUT2D eigenvalue weighted by atomic mass is 35.5. The second-order valence-electron chi connectivity index (χ2n) is 9.58. The quantitative estimate of drug-likeness (QED) is 0.423. The molecule has 2 unspecified atom stereocenters. The Bertz CT molecular complexity index is 1430. The van der Waals surface area contributed by atoms with Gasteiger partial charge in [-0.25, -0.2) is 22.2 Å². The van der Waals surface area contributed by atoms with E-state index in [9.17, 15) is 27.1 Å². The Kier molecular flexibility index (Phi) is 6.43. The van der Waals surface area contributed by atoms with Crippen molar-refractivity contribution in [2.45, 2.75) is 48.4 Å². The summed E-state index contributed by atoms with van der Waals surface area (Å²) in [6.45, 7) is 1.77. The van der Waals surface area contributed by atoms with Crippen LogP contribution in [0.25, 0.3) is 10.6 Å². The van der Waals surface area contributed by atoms with Crippen LogP contribution in [-0.2, 0) is 9.84 Å². The zero-order valence-corrected chi connectivity index (χ0v) is 21.6. The minimum atomic E-state index is -3.95. The number of carbonyl (C=O) groups is 1. The van der Waals surface area contributed by atoms with Crippen LogP contribution in [0.2, 0.25) is 5.02 Å². The third-order valence-corrected chi connectivity index (χ3v) is 11.0. The molecular weight excluding hydrogens is 530 g/mol. The molecule has 2 saturated carbocycles. The van der Waals surface area contributed by atoms with Gasteiger partial charge in [0.15, 0.2) is 21.5 Å². The fraction of sp³-hybridized carbons (Fsp3) is 0.360. The first-order chi connectivity index (χ1) is 17.0. The molecule has 2 atom stereocenters. The number of halogens is 3. The lowest BCUT2D eigenvalue weighted by atomic mass is 9.76. The van der Waals surface area contributed by atoms with Crippen molar-refractivity contribution >= 4 is 44.4 Å². The molecule has 3 aromatic rings. The Hall–Kier alpha value is -2.40. The van der Waals surface area contributed by atoms with E-state index < -0.39 is 38.2 Å². The van der Waals surface area contributed by atoms with Crippen LogP contribution in [0.5, 0.6) is 0 Å². The van der Waals surface area contributed by atoms with Gasteiger partial charge >= 0.3 is 0 Å². The van der Waals surface area contributed by atoms with Crippen LogP contribution < -0.4 is 5.32 Å². The first-order valence-electron chi connectivity index (χ1n) is 11.4. The fourth-order valence-electron chi connectivity index (χ4n) is 5.46. The van der Waals surface area contributed by atoms with Gasteiger partial charge in [-0.1, -0.05) is 11.6 Å². The number of fused-ring (bicyclic) bond motifs is 2. The average Bonchev–Trinajstić information content (AvgIpc) is 3.36. The fourth-order valence-corrected chi connectivity index (χ4v) is 8.56. The maximum atomic E-state index is 13.7. The number of aliphatic hydroxyl groups is 1. The molecule has 2 bridgehead atoms. The third kappa shape index (κ3) is 4.34. The van der Waals surface area contributed by atoms with E-state index in [-0.39, 0.29) is 33.0 Å². The second-order valence-corrected chi connectivity index (χ2v) is 13.1. The van der Waals surface area contributed by atoms with Crippen molar-refractivity contribution in [1.29, 1.82) is 0 Å². The zero-order valence-electron chi connectivity index (χ0n) is 19.2. The summed E-state index contributed by atoms with van der Waals surface area (Å²) in [6, 6.07) is 5.57. The number of hydrogen-bond donors (Lipinski definition) is 2. The lowest BCUT2D eigenvalue weighted by Crippen LogP contribution is -2.45. The largest absolute Gasteiger partial charge is 0.390 e. The highest BCUT2D eigenvalue weighted by Gasteiger charge is 2.53. The van der Waals surface area contributed by atoms with Crippen LogP contribution in [0, 0.1) is 23.5 Å². The molecule has 2 aliphatic rings. The SMILES string of the molecule is C[C@]1(O)C2CCC1C[C@@H](S(=O)(=O)c1cc(C(=O)Nc3ccc(F)c(F)c3)c(-c3nccs3)cc1Cl)C2. The van der Waals surface area contributed by atoms with Gasteiger partial charge in [0.25, 0.3) is 5.91 Å². The summed E-state index contributed by atoms with van der Waals surface area (Å²) in [5.41, 5.74) is -0.571. The molecule has 0 aliphatic heterocycles. The van der Waals surface area contributed by atoms with Crippen molar-refractivity contribution in [3.8, 4) is 10.6 Å². The number of hydrogen-bond acceptors (Lipinski definition) is 6. The lowest BCUT2D eigenvalue weighted by molar-refractivity contribution is -0.0413. The van der Waals surface area contributed by atoms with Crippen LogP contribution in [-0.4, -0.2) is 35.3 Å². The van der Waals surface area contributed by atoms with E-state index in [1.54, 1.807) is 18.5 Å². The number of nitrogens with one attached hydrogen (secondary N) is 1. The first-order valence-corrected chi connectivity index (χ1v) is 14.2. The summed E-state index contributed by atoms with van der Waals surface area (Å²) in [6.07, 6.45) is 3.70. The Morgan fingerprint density at radius 1 is 1.17 bits per heavy atom. The minimum absolute atomic E-state index is 0.00873. The number of sulfone groups is 1. The van der Waals surface area contributed by atoms with Gasteiger partial charge < -0.3 is 10.4 Å². The van der Waals surface area contributed by atoms with Crippen molar-refractivity contribution in [3.05, 3.63) is 64.1 Å². The Labute approximate surface area is 216 Å². The zero-order chi connectivity index (χ0) is 25.8. The number of carbonyl (C=O) groups excluding carboxylic acids is 1. The van der Waals surface area contributed by atoms with Crippen LogP contribution in [0.15, 0.2) is 46.8 Å². The predicted molar refractivity (Wildman–Crippen MR) is 134 cm³/mol. The Balaban J connectivity index is 1.55. The summed E-state index contributed by atoms with van der Waals surface area (Å²) in [5.74, 6) is -3.15. The molecule has 5 rings (SSSR count). The maximum absolute atomic E-state index is 13.7. The Morgan fingerprint density at radius 3 is 2.47 bits per heavy atom. The molecule has 1 heterocycles. The summed E-state index contributed by atoms with van der Waals surface area (Å²) in [7, 11) is -3.95. The van der Waals surface area contributed by atoms with Gasteiger partial charge in [-0.3, -0.25) is 4.79 Å². The van der Waals surface area contributed by atoms with Gasteiger partial charge in [-0.2, -0.15) is 0 Å². The summed E-state index contributed by atoms with van der Waals surface area (Å²) in [5, 5.41) is 14.7. The maximum Gasteiger partial charge on any atom is 0.256 e. The normalized spacial score (nSPS) is 25.6. The molecule has 0 radical (unpaired) electrons. The van der Waals surface area contributed by atoms with Crippen LogP contribution in [0.3, 0.4) is 0 Å². The van der Waals surface area contributed by atoms with Gasteiger partial charge in [0, 0.05) is 28.9 Å². The van der Waals surface area contributed by atoms with E-state index in [1.807, 2.05) is 0 Å².